The second kappa shape index (κ2) is 8.38. The van der Waals surface area contributed by atoms with Gasteiger partial charge in [-0.25, -0.2) is 4.79 Å². The van der Waals surface area contributed by atoms with E-state index in [1.807, 2.05) is 48.5 Å². The van der Waals surface area contributed by atoms with Crippen LogP contribution in [0.25, 0.3) is 0 Å². The number of aryl methyl sites for hydroxylation is 1. The molecule has 26 heavy (non-hydrogen) atoms. The maximum Gasteiger partial charge on any atom is 0.407 e. The van der Waals surface area contributed by atoms with Crippen molar-refractivity contribution in [1.29, 1.82) is 0 Å². The minimum atomic E-state index is -0.395. The van der Waals surface area contributed by atoms with E-state index in [9.17, 15) is 9.59 Å². The largest absolute Gasteiger partial charge is 0.493 e. The highest BCUT2D eigenvalue weighted by Gasteiger charge is 2.23. The van der Waals surface area contributed by atoms with E-state index in [4.69, 9.17) is 14.2 Å². The number of carbonyl (C=O) groups excluding carboxylic acids is 2. The predicted molar refractivity (Wildman–Crippen MR) is 95.9 cm³/mol. The molecule has 1 aliphatic heterocycles. The van der Waals surface area contributed by atoms with Crippen molar-refractivity contribution in [2.24, 2.45) is 0 Å². The topological polar surface area (TPSA) is 73.9 Å². The molecule has 1 aliphatic carbocycles. The number of para-hydroxylation sites is 2. The highest BCUT2D eigenvalue weighted by atomic mass is 16.6. The number of hydrogen-bond donors (Lipinski definition) is 1. The molecule has 0 spiro atoms. The van der Waals surface area contributed by atoms with E-state index in [2.05, 4.69) is 5.32 Å². The molecule has 6 heteroatoms. The number of benzene rings is 2. The van der Waals surface area contributed by atoms with Crippen LogP contribution in [0.15, 0.2) is 48.5 Å². The predicted octanol–water partition coefficient (Wildman–Crippen LogP) is 3.00. The first-order chi connectivity index (χ1) is 12.7. The molecule has 1 atom stereocenters. The van der Waals surface area contributed by atoms with Crippen LogP contribution in [0.1, 0.15) is 22.3 Å². The van der Waals surface area contributed by atoms with Gasteiger partial charge in [0.05, 0.1) is 13.7 Å². The van der Waals surface area contributed by atoms with Crippen LogP contribution < -0.4 is 14.8 Å². The summed E-state index contributed by atoms with van der Waals surface area (Å²) in [7, 11) is 1.58. The quantitative estimate of drug-likeness (QED) is 0.913. The second-order valence-corrected chi connectivity index (χ2v) is 5.95. The molecule has 0 bridgehead atoms. The lowest BCUT2D eigenvalue weighted by atomic mass is 10.1. The van der Waals surface area contributed by atoms with E-state index >= 15 is 0 Å². The van der Waals surface area contributed by atoms with Gasteiger partial charge in [-0.1, -0.05) is 36.4 Å². The number of hydrogen-bond acceptors (Lipinski definition) is 5. The molecule has 1 N–H and O–H groups in total. The molecule has 1 amide bonds. The summed E-state index contributed by atoms with van der Waals surface area (Å²) in [5.41, 5.74) is 2.15. The lowest BCUT2D eigenvalue weighted by molar-refractivity contribution is 0.0993. The molecule has 136 valence electrons. The number of ketones is 1. The van der Waals surface area contributed by atoms with Gasteiger partial charge >= 0.3 is 6.09 Å². The fourth-order valence-corrected chi connectivity index (χ4v) is 2.84. The summed E-state index contributed by atoms with van der Waals surface area (Å²) in [5.74, 6) is 1.61. The van der Waals surface area contributed by atoms with Crippen LogP contribution in [-0.2, 0) is 11.2 Å². The van der Waals surface area contributed by atoms with Gasteiger partial charge in [-0.05, 0) is 24.1 Å². The van der Waals surface area contributed by atoms with Gasteiger partial charge in [-0.2, -0.15) is 0 Å². The van der Waals surface area contributed by atoms with Crippen LogP contribution in [-0.4, -0.2) is 38.2 Å². The van der Waals surface area contributed by atoms with Crippen molar-refractivity contribution in [2.45, 2.75) is 18.9 Å². The van der Waals surface area contributed by atoms with E-state index in [1.165, 1.54) is 5.56 Å². The molecule has 1 unspecified atom stereocenters. The highest BCUT2D eigenvalue weighted by molar-refractivity contribution is 6.00. The lowest BCUT2D eigenvalue weighted by Gasteiger charge is -2.12. The Bertz CT molecular complexity index is 789. The van der Waals surface area contributed by atoms with Gasteiger partial charge in [-0.3, -0.25) is 4.79 Å². The van der Waals surface area contributed by atoms with Gasteiger partial charge in [0.25, 0.3) is 0 Å². The van der Waals surface area contributed by atoms with Crippen molar-refractivity contribution in [2.75, 3.05) is 20.3 Å². The fourth-order valence-electron chi connectivity index (χ4n) is 2.84. The zero-order valence-corrected chi connectivity index (χ0v) is 14.6. The second-order valence-electron chi connectivity index (χ2n) is 5.95. The number of rotatable bonds is 4. The van der Waals surface area contributed by atoms with Crippen molar-refractivity contribution in [3.05, 3.63) is 59.7 Å². The van der Waals surface area contributed by atoms with E-state index in [-0.39, 0.29) is 6.10 Å². The zero-order chi connectivity index (χ0) is 18.4. The Hall–Kier alpha value is -3.02. The van der Waals surface area contributed by atoms with Crippen LogP contribution in [0.3, 0.4) is 0 Å². The van der Waals surface area contributed by atoms with Crippen LogP contribution in [0.4, 0.5) is 4.79 Å². The number of fused-ring (bicyclic) bond motifs is 1. The first-order valence-electron chi connectivity index (χ1n) is 8.49. The average molecular weight is 355 g/mol. The molecule has 1 fully saturated rings. The van der Waals surface area contributed by atoms with E-state index in [0.29, 0.717) is 36.9 Å². The highest BCUT2D eigenvalue weighted by Crippen LogP contribution is 2.26. The molecule has 4 rings (SSSR count). The maximum absolute atomic E-state index is 11.1. The van der Waals surface area contributed by atoms with Gasteiger partial charge in [-0.15, -0.1) is 0 Å². The number of Topliss-reactive ketones (excluding diaryl/α,β-unsaturated/α-hetero) is 1. The number of ether oxygens (including phenoxy) is 3. The third kappa shape index (κ3) is 4.33. The lowest BCUT2D eigenvalue weighted by Crippen LogP contribution is -2.22. The summed E-state index contributed by atoms with van der Waals surface area (Å²) in [6, 6.07) is 15.2. The zero-order valence-electron chi connectivity index (χ0n) is 14.6. The molecule has 2 aliphatic rings. The van der Waals surface area contributed by atoms with Crippen molar-refractivity contribution >= 4 is 11.9 Å². The minimum Gasteiger partial charge on any atom is -0.493 e. The van der Waals surface area contributed by atoms with Crippen LogP contribution in [0.5, 0.6) is 11.5 Å². The molecule has 1 saturated heterocycles. The van der Waals surface area contributed by atoms with Crippen molar-refractivity contribution in [3.8, 4) is 11.5 Å². The SMILES string of the molecule is COc1ccccc1OCC1CNC(=O)O1.O=C1CCc2ccccc21. The van der Waals surface area contributed by atoms with Gasteiger partial charge < -0.3 is 19.5 Å². The number of cyclic esters (lactones) is 1. The Morgan fingerprint density at radius 1 is 1.04 bits per heavy atom. The van der Waals surface area contributed by atoms with Crippen LogP contribution >= 0.6 is 0 Å². The molecule has 1 heterocycles. The Morgan fingerprint density at radius 2 is 1.77 bits per heavy atom. The Labute approximate surface area is 152 Å². The first-order valence-corrected chi connectivity index (χ1v) is 8.49. The fraction of sp³-hybridized carbons (Fsp3) is 0.300. The number of methoxy groups -OCH3 is 1. The molecule has 2 aromatic rings. The normalized spacial score (nSPS) is 17.5. The maximum atomic E-state index is 11.1. The van der Waals surface area contributed by atoms with Crippen LogP contribution in [0, 0.1) is 0 Å². The summed E-state index contributed by atoms with van der Waals surface area (Å²) in [6.45, 7) is 0.799. The average Bonchev–Trinajstić information content (AvgIpc) is 3.27. The summed E-state index contributed by atoms with van der Waals surface area (Å²) in [5, 5.41) is 2.56. The monoisotopic (exact) mass is 355 g/mol. The molecule has 0 radical (unpaired) electrons. The first kappa shape index (κ1) is 17.8. The third-order valence-corrected chi connectivity index (χ3v) is 4.18. The smallest absolute Gasteiger partial charge is 0.407 e. The third-order valence-electron chi connectivity index (χ3n) is 4.18. The van der Waals surface area contributed by atoms with Gasteiger partial charge in [0.15, 0.2) is 23.4 Å². The molecule has 6 nitrogen and oxygen atoms in total. The molecular weight excluding hydrogens is 334 g/mol. The van der Waals surface area contributed by atoms with Crippen molar-refractivity contribution in [3.63, 3.8) is 0 Å². The van der Waals surface area contributed by atoms with Crippen molar-refractivity contribution < 1.29 is 23.8 Å². The standard InChI is InChI=1S/C11H13NO4.C9H8O/c1-14-9-4-2-3-5-10(9)15-7-8-6-12-11(13)16-8;10-9-6-5-7-3-1-2-4-8(7)9/h2-5,8H,6-7H2,1H3,(H,12,13);1-4H,5-6H2. The molecule has 0 aromatic heterocycles. The van der Waals surface area contributed by atoms with E-state index < -0.39 is 6.09 Å². The molecule has 2 aromatic carbocycles. The van der Waals surface area contributed by atoms with Gasteiger partial charge in [0.1, 0.15) is 6.61 Å². The van der Waals surface area contributed by atoms with E-state index in [0.717, 1.165) is 12.0 Å². The summed E-state index contributed by atoms with van der Waals surface area (Å²) < 4.78 is 15.6. The Kier molecular flexibility index (Phi) is 5.73. The molecule has 0 saturated carbocycles. The summed E-state index contributed by atoms with van der Waals surface area (Å²) >= 11 is 0. The van der Waals surface area contributed by atoms with Crippen LogP contribution in [0.2, 0.25) is 0 Å². The van der Waals surface area contributed by atoms with Gasteiger partial charge in [0.2, 0.25) is 0 Å². The molecular formula is C20H21NO5. The number of carbonyl (C=O) groups is 2. The number of amides is 1. The summed E-state index contributed by atoms with van der Waals surface area (Å²) in [6.07, 6.45) is 1.01. The van der Waals surface area contributed by atoms with E-state index in [1.54, 1.807) is 7.11 Å². The minimum absolute atomic E-state index is 0.239. The Morgan fingerprint density at radius 3 is 2.46 bits per heavy atom. The van der Waals surface area contributed by atoms with Gasteiger partial charge in [0, 0.05) is 12.0 Å². The number of alkyl carbamates (subject to hydrolysis) is 1. The number of nitrogens with one attached hydrogen (secondary N) is 1. The Balaban J connectivity index is 0.000000167. The summed E-state index contributed by atoms with van der Waals surface area (Å²) in [4.78, 5) is 21.8. The van der Waals surface area contributed by atoms with Crippen molar-refractivity contribution in [1.82, 2.24) is 5.32 Å².